The molecule has 0 saturated carbocycles. The molecule has 3 rings (SSSR count). The van der Waals surface area contributed by atoms with Crippen LogP contribution in [0.15, 0.2) is 18.2 Å². The third kappa shape index (κ3) is 2.37. The van der Waals surface area contributed by atoms with Gasteiger partial charge in [-0.25, -0.2) is 0 Å². The minimum absolute atomic E-state index is 0.0899. The minimum atomic E-state index is -0.377. The van der Waals surface area contributed by atoms with Crippen LogP contribution in [0.2, 0.25) is 0 Å². The Bertz CT molecular complexity index is 474. The van der Waals surface area contributed by atoms with E-state index in [0.29, 0.717) is 13.2 Å². The normalized spacial score (nSPS) is 22.3. The average Bonchev–Trinajstić information content (AvgIpc) is 2.54. The molecule has 1 fully saturated rings. The van der Waals surface area contributed by atoms with Crippen molar-refractivity contribution < 1.29 is 14.6 Å². The summed E-state index contributed by atoms with van der Waals surface area (Å²) in [6, 6.07) is 5.98. The van der Waals surface area contributed by atoms with Crippen molar-refractivity contribution in [3.8, 4) is 11.5 Å². The highest BCUT2D eigenvalue weighted by molar-refractivity contribution is 5.45. The van der Waals surface area contributed by atoms with E-state index in [9.17, 15) is 5.11 Å². The summed E-state index contributed by atoms with van der Waals surface area (Å²) in [5.74, 6) is 1.57. The minimum Gasteiger partial charge on any atom is -0.486 e. The Morgan fingerprint density at radius 1 is 1.20 bits per heavy atom. The molecule has 1 aromatic carbocycles. The van der Waals surface area contributed by atoms with Crippen LogP contribution in [0, 0.1) is 0 Å². The van der Waals surface area contributed by atoms with E-state index in [4.69, 9.17) is 9.47 Å². The third-order valence-electron chi connectivity index (χ3n) is 4.29. The maximum Gasteiger partial charge on any atom is 0.161 e. The van der Waals surface area contributed by atoms with Gasteiger partial charge < -0.3 is 19.9 Å². The summed E-state index contributed by atoms with van der Waals surface area (Å²) in [5.41, 5.74) is 0.698. The van der Waals surface area contributed by atoms with E-state index < -0.39 is 0 Å². The number of hydrogen-bond acceptors (Lipinski definition) is 5. The molecule has 0 spiro atoms. The van der Waals surface area contributed by atoms with E-state index in [1.54, 1.807) is 0 Å². The lowest BCUT2D eigenvalue weighted by Crippen LogP contribution is -2.54. The Labute approximate surface area is 119 Å². The Kier molecular flexibility index (Phi) is 3.83. The van der Waals surface area contributed by atoms with E-state index in [1.807, 2.05) is 18.2 Å². The van der Waals surface area contributed by atoms with Gasteiger partial charge in [-0.3, -0.25) is 4.90 Å². The second kappa shape index (κ2) is 5.60. The number of piperazine rings is 1. The first-order valence-electron chi connectivity index (χ1n) is 7.21. The maximum atomic E-state index is 9.96. The number of ether oxygens (including phenoxy) is 2. The molecular weight excluding hydrogens is 256 g/mol. The molecule has 2 N–H and O–H groups in total. The molecule has 1 unspecified atom stereocenters. The molecule has 2 aliphatic heterocycles. The highest BCUT2D eigenvalue weighted by atomic mass is 16.6. The zero-order chi connectivity index (χ0) is 14.0. The monoisotopic (exact) mass is 278 g/mol. The van der Waals surface area contributed by atoms with Crippen molar-refractivity contribution in [2.45, 2.75) is 12.5 Å². The van der Waals surface area contributed by atoms with Crippen molar-refractivity contribution in [3.05, 3.63) is 23.8 Å². The second-order valence-electron chi connectivity index (χ2n) is 5.53. The Morgan fingerprint density at radius 2 is 1.90 bits per heavy atom. The quantitative estimate of drug-likeness (QED) is 0.846. The summed E-state index contributed by atoms with van der Waals surface area (Å²) in [5, 5.41) is 13.3. The van der Waals surface area contributed by atoms with Gasteiger partial charge in [0.2, 0.25) is 0 Å². The number of hydrogen-bond donors (Lipinski definition) is 2. The first-order valence-corrected chi connectivity index (χ1v) is 7.21. The molecule has 1 atom stereocenters. The highest BCUT2D eigenvalue weighted by Crippen LogP contribution is 2.36. The largest absolute Gasteiger partial charge is 0.486 e. The lowest BCUT2D eigenvalue weighted by Gasteiger charge is -2.43. The number of nitrogens with zero attached hydrogens (tertiary/aromatic N) is 1. The third-order valence-corrected chi connectivity index (χ3v) is 4.29. The molecule has 0 bridgehead atoms. The number of fused-ring (bicyclic) bond motifs is 1. The summed E-state index contributed by atoms with van der Waals surface area (Å²) >= 11 is 0. The van der Waals surface area contributed by atoms with Crippen molar-refractivity contribution in [2.75, 3.05) is 46.0 Å². The van der Waals surface area contributed by atoms with Crippen molar-refractivity contribution in [1.29, 1.82) is 0 Å². The van der Waals surface area contributed by atoms with Gasteiger partial charge in [0, 0.05) is 26.2 Å². The van der Waals surface area contributed by atoms with Gasteiger partial charge in [-0.2, -0.15) is 0 Å². The van der Waals surface area contributed by atoms with Gasteiger partial charge in [-0.1, -0.05) is 6.07 Å². The van der Waals surface area contributed by atoms with Crippen LogP contribution in [-0.4, -0.2) is 56.0 Å². The molecule has 5 nitrogen and oxygen atoms in total. The number of rotatable bonds is 3. The van der Waals surface area contributed by atoms with E-state index >= 15 is 0 Å². The summed E-state index contributed by atoms with van der Waals surface area (Å²) in [4.78, 5) is 2.33. The Hall–Kier alpha value is -1.30. The van der Waals surface area contributed by atoms with Crippen LogP contribution in [-0.2, 0) is 5.54 Å². The van der Waals surface area contributed by atoms with Gasteiger partial charge in [0.1, 0.15) is 13.2 Å². The van der Waals surface area contributed by atoms with Gasteiger partial charge in [0.25, 0.3) is 0 Å². The molecule has 20 heavy (non-hydrogen) atoms. The molecule has 0 aliphatic carbocycles. The van der Waals surface area contributed by atoms with Gasteiger partial charge in [-0.05, 0) is 24.6 Å². The Balaban J connectivity index is 1.91. The van der Waals surface area contributed by atoms with Crippen LogP contribution in [0.3, 0.4) is 0 Å². The van der Waals surface area contributed by atoms with Crippen molar-refractivity contribution >= 4 is 0 Å². The molecule has 0 amide bonds. The van der Waals surface area contributed by atoms with Gasteiger partial charge >= 0.3 is 0 Å². The number of aliphatic hydroxyl groups excluding tert-OH is 1. The predicted octanol–water partition coefficient (Wildman–Crippen LogP) is 0.570. The summed E-state index contributed by atoms with van der Waals surface area (Å²) in [6.45, 7) is 7.15. The first kappa shape index (κ1) is 13.7. The molecule has 2 heterocycles. The van der Waals surface area contributed by atoms with E-state index in [2.05, 4.69) is 17.1 Å². The fourth-order valence-electron chi connectivity index (χ4n) is 2.91. The molecule has 1 aromatic rings. The van der Waals surface area contributed by atoms with Crippen LogP contribution in [0.5, 0.6) is 11.5 Å². The zero-order valence-electron chi connectivity index (χ0n) is 11.9. The lowest BCUT2D eigenvalue weighted by molar-refractivity contribution is 0.0307. The lowest BCUT2D eigenvalue weighted by atomic mass is 9.89. The molecule has 0 aromatic heterocycles. The summed E-state index contributed by atoms with van der Waals surface area (Å²) in [6.07, 6.45) is 0. The fourth-order valence-corrected chi connectivity index (χ4v) is 2.91. The van der Waals surface area contributed by atoms with Crippen LogP contribution in [0.4, 0.5) is 0 Å². The summed E-state index contributed by atoms with van der Waals surface area (Å²) < 4.78 is 11.2. The predicted molar refractivity (Wildman–Crippen MR) is 76.3 cm³/mol. The van der Waals surface area contributed by atoms with Crippen molar-refractivity contribution in [2.24, 2.45) is 0 Å². The highest BCUT2D eigenvalue weighted by Gasteiger charge is 2.34. The van der Waals surface area contributed by atoms with Crippen molar-refractivity contribution in [3.63, 3.8) is 0 Å². The van der Waals surface area contributed by atoms with Gasteiger partial charge in [-0.15, -0.1) is 0 Å². The standard InChI is InChI=1S/C15H22N2O3/c1-15(11-18,17-6-4-16-5-7-17)12-2-3-13-14(10-12)20-9-8-19-13/h2-3,10,16,18H,4-9,11H2,1H3. The fraction of sp³-hybridized carbons (Fsp3) is 0.600. The molecule has 0 radical (unpaired) electrons. The number of aliphatic hydroxyl groups is 1. The van der Waals surface area contributed by atoms with Gasteiger partial charge in [0.15, 0.2) is 11.5 Å². The van der Waals surface area contributed by atoms with Gasteiger partial charge in [0.05, 0.1) is 12.1 Å². The van der Waals surface area contributed by atoms with E-state index in [1.165, 1.54) is 0 Å². The molecule has 5 heteroatoms. The summed E-state index contributed by atoms with van der Waals surface area (Å²) in [7, 11) is 0. The zero-order valence-corrected chi connectivity index (χ0v) is 11.9. The van der Waals surface area contributed by atoms with Crippen LogP contribution >= 0.6 is 0 Å². The first-order chi connectivity index (χ1) is 9.74. The van der Waals surface area contributed by atoms with Crippen LogP contribution in [0.25, 0.3) is 0 Å². The Morgan fingerprint density at radius 3 is 2.60 bits per heavy atom. The second-order valence-corrected chi connectivity index (χ2v) is 5.53. The molecule has 2 aliphatic rings. The van der Waals surface area contributed by atoms with E-state index in [-0.39, 0.29) is 12.1 Å². The maximum absolute atomic E-state index is 9.96. The number of benzene rings is 1. The smallest absolute Gasteiger partial charge is 0.161 e. The van der Waals surface area contributed by atoms with Crippen LogP contribution < -0.4 is 14.8 Å². The molecule has 1 saturated heterocycles. The SMILES string of the molecule is CC(CO)(c1ccc2c(c1)OCCO2)N1CCNCC1. The molecule has 110 valence electrons. The number of nitrogens with one attached hydrogen (secondary N) is 1. The molecular formula is C15H22N2O3. The topological polar surface area (TPSA) is 54.0 Å². The average molecular weight is 278 g/mol. The van der Waals surface area contributed by atoms with E-state index in [0.717, 1.165) is 43.2 Å². The van der Waals surface area contributed by atoms with Crippen molar-refractivity contribution in [1.82, 2.24) is 10.2 Å². The van der Waals surface area contributed by atoms with Crippen LogP contribution in [0.1, 0.15) is 12.5 Å².